The molecule has 0 aliphatic rings. The molecule has 1 aromatic heterocycles. The Morgan fingerprint density at radius 1 is 1.00 bits per heavy atom. The molecule has 0 radical (unpaired) electrons. The third kappa shape index (κ3) is 4.67. The van der Waals surface area contributed by atoms with Gasteiger partial charge in [-0.25, -0.2) is 0 Å². The van der Waals surface area contributed by atoms with Crippen LogP contribution in [0.25, 0.3) is 11.1 Å². The predicted molar refractivity (Wildman–Crippen MR) is 87.2 cm³/mol. The Kier molecular flexibility index (Phi) is 5.22. The van der Waals surface area contributed by atoms with Crippen LogP contribution in [0, 0.1) is 0 Å². The molecule has 1 heterocycles. The minimum atomic E-state index is -4.85. The van der Waals surface area contributed by atoms with Crippen molar-refractivity contribution in [3.8, 4) is 28.5 Å². The highest BCUT2D eigenvalue weighted by Crippen LogP contribution is 2.35. The number of aliphatic hydroxyl groups is 2. The quantitative estimate of drug-likeness (QED) is 0.562. The number of alkyl halides is 3. The highest BCUT2D eigenvalue weighted by atomic mass is 35.5. The Morgan fingerprint density at radius 3 is 2.30 bits per heavy atom. The van der Waals surface area contributed by atoms with Crippen molar-refractivity contribution in [2.24, 2.45) is 0 Å². The zero-order valence-electron chi connectivity index (χ0n) is 13.2. The van der Waals surface area contributed by atoms with Crippen LogP contribution in [-0.2, 0) is 0 Å². The number of ether oxygens (including phenoxy) is 2. The molecule has 11 heteroatoms. The predicted octanol–water partition coefficient (Wildman–Crippen LogP) is 3.80. The van der Waals surface area contributed by atoms with Gasteiger partial charge in [0.05, 0.1) is 5.02 Å². The van der Waals surface area contributed by atoms with Crippen molar-refractivity contribution in [1.82, 2.24) is 15.4 Å². The van der Waals surface area contributed by atoms with Crippen LogP contribution in [0.3, 0.4) is 0 Å². The largest absolute Gasteiger partial charge is 0.573 e. The summed E-state index contributed by atoms with van der Waals surface area (Å²) in [6.07, 6.45) is -6.72. The van der Waals surface area contributed by atoms with Gasteiger partial charge in [-0.1, -0.05) is 29.8 Å². The number of benzene rings is 2. The maximum Gasteiger partial charge on any atom is 0.573 e. The van der Waals surface area contributed by atoms with Gasteiger partial charge in [0.15, 0.2) is 5.69 Å². The van der Waals surface area contributed by atoms with Gasteiger partial charge >= 0.3 is 6.36 Å². The highest BCUT2D eigenvalue weighted by Gasteiger charge is 2.32. The first-order chi connectivity index (χ1) is 12.7. The fourth-order valence-corrected chi connectivity index (χ4v) is 2.34. The van der Waals surface area contributed by atoms with E-state index in [1.807, 2.05) is 0 Å². The van der Waals surface area contributed by atoms with E-state index in [0.29, 0.717) is 16.9 Å². The summed E-state index contributed by atoms with van der Waals surface area (Å²) < 4.78 is 46.6. The molecule has 7 nitrogen and oxygen atoms in total. The first kappa shape index (κ1) is 19.0. The monoisotopic (exact) mass is 401 g/mol. The van der Waals surface area contributed by atoms with Crippen LogP contribution in [-0.4, -0.2) is 32.0 Å². The summed E-state index contributed by atoms with van der Waals surface area (Å²) in [6.45, 7) is 0. The summed E-state index contributed by atoms with van der Waals surface area (Å²) in [5.41, 5.74) is 0.831. The lowest BCUT2D eigenvalue weighted by Crippen LogP contribution is -2.17. The first-order valence-electron chi connectivity index (χ1n) is 7.33. The van der Waals surface area contributed by atoms with Crippen molar-refractivity contribution >= 4 is 11.6 Å². The van der Waals surface area contributed by atoms with Crippen LogP contribution in [0.2, 0.25) is 5.02 Å². The molecule has 0 fully saturated rings. The van der Waals surface area contributed by atoms with E-state index in [0.717, 1.165) is 0 Å². The molecule has 0 saturated heterocycles. The summed E-state index contributed by atoms with van der Waals surface area (Å²) in [5, 5.41) is 27.5. The number of aromatic nitrogens is 3. The van der Waals surface area contributed by atoms with Gasteiger partial charge in [-0.3, -0.25) is 0 Å². The number of hydrogen-bond acceptors (Lipinski definition) is 6. The molecule has 0 unspecified atom stereocenters. The van der Waals surface area contributed by atoms with Crippen molar-refractivity contribution in [2.75, 3.05) is 0 Å². The van der Waals surface area contributed by atoms with Gasteiger partial charge in [0, 0.05) is 0 Å². The van der Waals surface area contributed by atoms with E-state index in [9.17, 15) is 13.2 Å². The second-order valence-electron chi connectivity index (χ2n) is 5.21. The second-order valence-corrected chi connectivity index (χ2v) is 5.61. The molecule has 3 N–H and O–H groups in total. The first-order valence-corrected chi connectivity index (χ1v) is 7.71. The van der Waals surface area contributed by atoms with Gasteiger partial charge in [-0.2, -0.15) is 10.3 Å². The number of hydrogen-bond donors (Lipinski definition) is 3. The van der Waals surface area contributed by atoms with E-state index in [-0.39, 0.29) is 16.6 Å². The number of rotatable bonds is 5. The van der Waals surface area contributed by atoms with Gasteiger partial charge in [0.1, 0.15) is 11.5 Å². The fourth-order valence-electron chi connectivity index (χ4n) is 2.19. The number of aliphatic hydroxyl groups excluding tert-OH is 1. The Morgan fingerprint density at radius 2 is 1.67 bits per heavy atom. The lowest BCUT2D eigenvalue weighted by atomic mass is 10.1. The molecule has 0 aliphatic carbocycles. The van der Waals surface area contributed by atoms with Crippen LogP contribution in [0.5, 0.6) is 17.4 Å². The Bertz CT molecular complexity index is 929. The smallest absolute Gasteiger partial charge is 0.436 e. The summed E-state index contributed by atoms with van der Waals surface area (Å²) in [7, 11) is 0. The summed E-state index contributed by atoms with van der Waals surface area (Å²) in [4.78, 5) is 0. The molecular weight excluding hydrogens is 391 g/mol. The Balaban J connectivity index is 1.81. The van der Waals surface area contributed by atoms with Crippen molar-refractivity contribution in [3.05, 3.63) is 53.2 Å². The molecule has 0 amide bonds. The number of nitrogens with zero attached hydrogens (tertiary/aromatic N) is 2. The van der Waals surface area contributed by atoms with Crippen molar-refractivity contribution in [3.63, 3.8) is 0 Å². The van der Waals surface area contributed by atoms with Gasteiger partial charge in [-0.15, -0.1) is 18.3 Å². The number of aromatic amines is 1. The molecule has 142 valence electrons. The summed E-state index contributed by atoms with van der Waals surface area (Å²) in [6, 6.07) is 10.2. The molecule has 0 spiro atoms. The molecule has 27 heavy (non-hydrogen) atoms. The van der Waals surface area contributed by atoms with E-state index in [4.69, 9.17) is 26.6 Å². The topological polar surface area (TPSA) is 100 Å². The van der Waals surface area contributed by atoms with Gasteiger partial charge in [0.25, 0.3) is 5.88 Å². The second kappa shape index (κ2) is 7.43. The van der Waals surface area contributed by atoms with E-state index < -0.39 is 18.4 Å². The Hall–Kier alpha value is -2.82. The zero-order chi connectivity index (χ0) is 19.6. The lowest BCUT2D eigenvalue weighted by Gasteiger charge is -2.12. The SMILES string of the molecule is OC(O)c1n[nH]nc1Oc1ccc(-c2ccc(Cl)c(OC(F)(F)F)c2)cc1. The van der Waals surface area contributed by atoms with Crippen LogP contribution >= 0.6 is 11.6 Å². The number of halogens is 4. The van der Waals surface area contributed by atoms with E-state index in [2.05, 4.69) is 20.1 Å². The minimum Gasteiger partial charge on any atom is -0.436 e. The fraction of sp³-hybridized carbons (Fsp3) is 0.125. The van der Waals surface area contributed by atoms with E-state index in [1.165, 1.54) is 24.3 Å². The summed E-state index contributed by atoms with van der Waals surface area (Å²) in [5.74, 6) is -0.327. The third-order valence-electron chi connectivity index (χ3n) is 3.34. The molecular formula is C16H11ClF3N3O4. The van der Waals surface area contributed by atoms with Crippen LogP contribution in [0.15, 0.2) is 42.5 Å². The highest BCUT2D eigenvalue weighted by molar-refractivity contribution is 6.32. The summed E-state index contributed by atoms with van der Waals surface area (Å²) >= 11 is 5.73. The van der Waals surface area contributed by atoms with E-state index >= 15 is 0 Å². The zero-order valence-corrected chi connectivity index (χ0v) is 14.0. The van der Waals surface area contributed by atoms with Gasteiger partial charge in [0.2, 0.25) is 6.29 Å². The average Bonchev–Trinajstić information content (AvgIpc) is 3.05. The molecule has 0 bridgehead atoms. The van der Waals surface area contributed by atoms with Gasteiger partial charge in [-0.05, 0) is 35.4 Å². The molecule has 0 saturated carbocycles. The molecule has 3 aromatic rings. The standard InChI is InChI=1S/C16H11ClF3N3O4/c17-11-6-3-9(7-12(11)27-16(18,19)20)8-1-4-10(5-2-8)26-14-13(15(24)25)21-23-22-14/h1-7,15,24-25H,(H,21,22,23). The van der Waals surface area contributed by atoms with Crippen LogP contribution in [0.4, 0.5) is 13.2 Å². The third-order valence-corrected chi connectivity index (χ3v) is 3.66. The van der Waals surface area contributed by atoms with Gasteiger partial charge < -0.3 is 19.7 Å². The Labute approximate surface area is 154 Å². The maximum atomic E-state index is 12.4. The normalized spacial score (nSPS) is 11.7. The van der Waals surface area contributed by atoms with Crippen LogP contribution in [0.1, 0.15) is 12.0 Å². The minimum absolute atomic E-state index is 0.120. The maximum absolute atomic E-state index is 12.4. The lowest BCUT2D eigenvalue weighted by molar-refractivity contribution is -0.274. The molecule has 0 atom stereocenters. The van der Waals surface area contributed by atoms with E-state index in [1.54, 1.807) is 18.2 Å². The van der Waals surface area contributed by atoms with Crippen molar-refractivity contribution in [1.29, 1.82) is 0 Å². The number of H-pyrrole nitrogens is 1. The molecule has 0 aliphatic heterocycles. The van der Waals surface area contributed by atoms with Crippen LogP contribution < -0.4 is 9.47 Å². The van der Waals surface area contributed by atoms with Crippen molar-refractivity contribution < 1.29 is 32.9 Å². The average molecular weight is 402 g/mol. The van der Waals surface area contributed by atoms with Crippen molar-refractivity contribution in [2.45, 2.75) is 12.7 Å². The number of nitrogens with one attached hydrogen (secondary N) is 1. The molecule has 2 aromatic carbocycles. The molecule has 3 rings (SSSR count).